The van der Waals surface area contributed by atoms with Crippen LogP contribution in [0.3, 0.4) is 0 Å². The van der Waals surface area contributed by atoms with Gasteiger partial charge in [0.05, 0.1) is 5.56 Å². The summed E-state index contributed by atoms with van der Waals surface area (Å²) in [5.74, 6) is 1.04. The third-order valence-corrected chi connectivity index (χ3v) is 3.74. The van der Waals surface area contributed by atoms with Crippen molar-refractivity contribution in [3.8, 4) is 0 Å². The van der Waals surface area contributed by atoms with Crippen LogP contribution in [0.1, 0.15) is 36.5 Å². The second kappa shape index (κ2) is 7.24. The normalized spacial score (nSPS) is 16.2. The second-order valence-electron chi connectivity index (χ2n) is 5.24. The van der Waals surface area contributed by atoms with Crippen LogP contribution in [0.25, 0.3) is 0 Å². The molecule has 2 rings (SSSR count). The fourth-order valence-electron chi connectivity index (χ4n) is 2.45. The van der Waals surface area contributed by atoms with Gasteiger partial charge >= 0.3 is 0 Å². The van der Waals surface area contributed by atoms with E-state index in [-0.39, 0.29) is 12.5 Å². The molecule has 1 amide bonds. The molecule has 0 atom stereocenters. The summed E-state index contributed by atoms with van der Waals surface area (Å²) in [6.45, 7) is 4.54. The first-order valence-corrected chi connectivity index (χ1v) is 7.35. The summed E-state index contributed by atoms with van der Waals surface area (Å²) in [7, 11) is 0. The molecule has 2 N–H and O–H groups in total. The third-order valence-electron chi connectivity index (χ3n) is 3.74. The van der Waals surface area contributed by atoms with Gasteiger partial charge in [0.2, 0.25) is 0 Å². The van der Waals surface area contributed by atoms with Crippen molar-refractivity contribution >= 4 is 11.7 Å². The topological polar surface area (TPSA) is 65.5 Å². The van der Waals surface area contributed by atoms with Gasteiger partial charge in [-0.1, -0.05) is 6.92 Å². The van der Waals surface area contributed by atoms with Crippen molar-refractivity contribution in [1.29, 1.82) is 0 Å². The predicted octanol–water partition coefficient (Wildman–Crippen LogP) is 1.75. The average molecular weight is 277 g/mol. The lowest BCUT2D eigenvalue weighted by Crippen LogP contribution is -2.39. The lowest BCUT2D eigenvalue weighted by molar-refractivity contribution is 0.0651. The fraction of sp³-hybridized carbons (Fsp3) is 0.600. The number of amides is 1. The summed E-state index contributed by atoms with van der Waals surface area (Å²) in [5.41, 5.74) is 0.642. The van der Waals surface area contributed by atoms with Crippen molar-refractivity contribution in [2.24, 2.45) is 5.92 Å². The lowest BCUT2D eigenvalue weighted by atomic mass is 9.97. The molecule has 1 aliphatic heterocycles. The largest absolute Gasteiger partial charge is 0.396 e. The maximum absolute atomic E-state index is 12.6. The van der Waals surface area contributed by atoms with Crippen LogP contribution in [-0.2, 0) is 0 Å². The molecule has 0 spiro atoms. The fourth-order valence-corrected chi connectivity index (χ4v) is 2.45. The number of nitrogens with one attached hydrogen (secondary N) is 1. The van der Waals surface area contributed by atoms with E-state index >= 15 is 0 Å². The van der Waals surface area contributed by atoms with Crippen LogP contribution >= 0.6 is 0 Å². The summed E-state index contributed by atoms with van der Waals surface area (Å²) >= 11 is 0. The monoisotopic (exact) mass is 277 g/mol. The average Bonchev–Trinajstić information content (AvgIpc) is 2.52. The number of rotatable bonds is 5. The molecule has 20 heavy (non-hydrogen) atoms. The van der Waals surface area contributed by atoms with Gasteiger partial charge in [0.25, 0.3) is 5.91 Å². The van der Waals surface area contributed by atoms with Gasteiger partial charge in [0, 0.05) is 32.4 Å². The number of piperidine rings is 1. The van der Waals surface area contributed by atoms with Crippen molar-refractivity contribution in [1.82, 2.24) is 9.88 Å². The van der Waals surface area contributed by atoms with Gasteiger partial charge in [-0.05, 0) is 37.3 Å². The highest BCUT2D eigenvalue weighted by Crippen LogP contribution is 2.20. The number of pyridine rings is 1. The second-order valence-corrected chi connectivity index (χ2v) is 5.24. The molecule has 5 heteroatoms. The van der Waals surface area contributed by atoms with Crippen molar-refractivity contribution in [2.45, 2.75) is 26.2 Å². The van der Waals surface area contributed by atoms with E-state index in [9.17, 15) is 4.79 Å². The highest BCUT2D eigenvalue weighted by molar-refractivity contribution is 5.98. The molecule has 1 aromatic rings. The van der Waals surface area contributed by atoms with Crippen molar-refractivity contribution < 1.29 is 9.90 Å². The standard InChI is InChI=1S/C15H23N3O2/c1-2-7-16-14-13(4-3-8-17-14)15(20)18-9-5-12(11-19)6-10-18/h3-4,8,12,19H,2,5-7,9-11H2,1H3,(H,16,17). The molecule has 110 valence electrons. The highest BCUT2D eigenvalue weighted by atomic mass is 16.3. The van der Waals surface area contributed by atoms with Gasteiger partial charge in [0.1, 0.15) is 5.82 Å². The highest BCUT2D eigenvalue weighted by Gasteiger charge is 2.24. The Morgan fingerprint density at radius 2 is 2.25 bits per heavy atom. The van der Waals surface area contributed by atoms with Crippen molar-refractivity contribution in [3.63, 3.8) is 0 Å². The number of hydrogen-bond acceptors (Lipinski definition) is 4. The summed E-state index contributed by atoms with van der Waals surface area (Å²) in [6, 6.07) is 3.62. The molecule has 1 aliphatic rings. The van der Waals surface area contributed by atoms with E-state index in [1.165, 1.54) is 0 Å². The number of carbonyl (C=O) groups excluding carboxylic acids is 1. The molecule has 0 aromatic carbocycles. The van der Waals surface area contributed by atoms with Crippen LogP contribution in [0.15, 0.2) is 18.3 Å². The molecule has 0 bridgehead atoms. The predicted molar refractivity (Wildman–Crippen MR) is 78.7 cm³/mol. The third kappa shape index (κ3) is 3.48. The Morgan fingerprint density at radius 3 is 2.90 bits per heavy atom. The molecule has 1 saturated heterocycles. The minimum Gasteiger partial charge on any atom is -0.396 e. The van der Waals surface area contributed by atoms with E-state index in [1.54, 1.807) is 12.3 Å². The lowest BCUT2D eigenvalue weighted by Gasteiger charge is -2.31. The van der Waals surface area contributed by atoms with E-state index in [2.05, 4.69) is 17.2 Å². The molecule has 5 nitrogen and oxygen atoms in total. The van der Waals surface area contributed by atoms with E-state index in [0.717, 1.165) is 25.8 Å². The summed E-state index contributed by atoms with van der Waals surface area (Å²) in [5, 5.41) is 12.4. The van der Waals surface area contributed by atoms with Crippen LogP contribution in [0.5, 0.6) is 0 Å². The van der Waals surface area contributed by atoms with E-state index in [4.69, 9.17) is 5.11 Å². The number of aliphatic hydroxyl groups excluding tert-OH is 1. The van der Waals surface area contributed by atoms with Gasteiger partial charge in [-0.2, -0.15) is 0 Å². The molecule has 0 unspecified atom stereocenters. The van der Waals surface area contributed by atoms with Crippen molar-refractivity contribution in [2.75, 3.05) is 31.6 Å². The van der Waals surface area contributed by atoms with Crippen molar-refractivity contribution in [3.05, 3.63) is 23.9 Å². The molecule has 0 saturated carbocycles. The first kappa shape index (κ1) is 14.8. The molecule has 0 aliphatic carbocycles. The number of carbonyl (C=O) groups is 1. The Kier molecular flexibility index (Phi) is 5.35. The van der Waals surface area contributed by atoms with Gasteiger partial charge in [-0.25, -0.2) is 4.98 Å². The Hall–Kier alpha value is -1.62. The van der Waals surface area contributed by atoms with Gasteiger partial charge in [0.15, 0.2) is 0 Å². The molecular formula is C15H23N3O2. The smallest absolute Gasteiger partial charge is 0.257 e. The molecule has 2 heterocycles. The zero-order valence-electron chi connectivity index (χ0n) is 12.0. The van der Waals surface area contributed by atoms with Crippen LogP contribution in [0.2, 0.25) is 0 Å². The van der Waals surface area contributed by atoms with Crippen LogP contribution in [0.4, 0.5) is 5.82 Å². The van der Waals surface area contributed by atoms with E-state index in [0.29, 0.717) is 30.4 Å². The summed E-state index contributed by atoms with van der Waals surface area (Å²) < 4.78 is 0. The minimum absolute atomic E-state index is 0.0353. The number of likely N-dealkylation sites (tertiary alicyclic amines) is 1. The molecule has 1 fully saturated rings. The number of nitrogens with zero attached hydrogens (tertiary/aromatic N) is 2. The SMILES string of the molecule is CCCNc1ncccc1C(=O)N1CCC(CO)CC1. The van der Waals surface area contributed by atoms with Gasteiger partial charge < -0.3 is 15.3 Å². The number of anilines is 1. The number of aromatic nitrogens is 1. The maximum Gasteiger partial charge on any atom is 0.257 e. The zero-order chi connectivity index (χ0) is 14.4. The quantitative estimate of drug-likeness (QED) is 0.860. The Morgan fingerprint density at radius 1 is 1.50 bits per heavy atom. The number of aliphatic hydroxyl groups is 1. The van der Waals surface area contributed by atoms with Gasteiger partial charge in [-0.3, -0.25) is 4.79 Å². The zero-order valence-corrected chi connectivity index (χ0v) is 12.0. The summed E-state index contributed by atoms with van der Waals surface area (Å²) in [4.78, 5) is 18.7. The first-order valence-electron chi connectivity index (χ1n) is 7.35. The summed E-state index contributed by atoms with van der Waals surface area (Å²) in [6.07, 6.45) is 4.44. The molecule has 0 radical (unpaired) electrons. The Bertz CT molecular complexity index is 442. The van der Waals surface area contributed by atoms with Crippen LogP contribution in [-0.4, -0.2) is 47.1 Å². The molecule has 1 aromatic heterocycles. The van der Waals surface area contributed by atoms with Crippen LogP contribution in [0, 0.1) is 5.92 Å². The number of hydrogen-bond donors (Lipinski definition) is 2. The van der Waals surface area contributed by atoms with Crippen LogP contribution < -0.4 is 5.32 Å². The molecular weight excluding hydrogens is 254 g/mol. The Balaban J connectivity index is 2.05. The van der Waals surface area contributed by atoms with Gasteiger partial charge in [-0.15, -0.1) is 0 Å². The Labute approximate surface area is 120 Å². The van der Waals surface area contributed by atoms with E-state index < -0.39 is 0 Å². The van der Waals surface area contributed by atoms with E-state index in [1.807, 2.05) is 11.0 Å². The maximum atomic E-state index is 12.6. The minimum atomic E-state index is 0.0353. The first-order chi connectivity index (χ1) is 9.76.